The Bertz CT molecular complexity index is 847. The van der Waals surface area contributed by atoms with Crippen LogP contribution in [-0.2, 0) is 14.3 Å². The Balaban J connectivity index is 1.87. The number of esters is 1. The lowest BCUT2D eigenvalue weighted by Gasteiger charge is -2.30. The van der Waals surface area contributed by atoms with Crippen LogP contribution in [-0.4, -0.2) is 31.4 Å². The zero-order valence-electron chi connectivity index (χ0n) is 15.3. The molecule has 2 aromatic rings. The molecule has 140 valence electrons. The molecular formula is C21H22N2O3S. The lowest BCUT2D eigenvalue weighted by atomic mass is 9.94. The highest BCUT2D eigenvalue weighted by atomic mass is 32.1. The van der Waals surface area contributed by atoms with Gasteiger partial charge in [0, 0.05) is 12.8 Å². The van der Waals surface area contributed by atoms with Gasteiger partial charge in [-0.1, -0.05) is 54.6 Å². The Morgan fingerprint density at radius 3 is 2.37 bits per heavy atom. The Hall–Kier alpha value is -2.70. The smallest absolute Gasteiger partial charge is 0.338 e. The second-order valence-corrected chi connectivity index (χ2v) is 6.60. The van der Waals surface area contributed by atoms with Crippen molar-refractivity contribution in [2.45, 2.75) is 13.0 Å². The second-order valence-electron chi connectivity index (χ2n) is 6.19. The molecule has 0 radical (unpaired) electrons. The van der Waals surface area contributed by atoms with Gasteiger partial charge in [-0.3, -0.25) is 0 Å². The van der Waals surface area contributed by atoms with Crippen LogP contribution in [0.25, 0.3) is 11.1 Å². The largest absolute Gasteiger partial charge is 0.460 e. The van der Waals surface area contributed by atoms with E-state index in [1.807, 2.05) is 49.4 Å². The topological polar surface area (TPSA) is 59.6 Å². The molecule has 5 nitrogen and oxygen atoms in total. The molecule has 0 bridgehead atoms. The zero-order valence-corrected chi connectivity index (χ0v) is 16.1. The molecule has 27 heavy (non-hydrogen) atoms. The van der Waals surface area contributed by atoms with Crippen molar-refractivity contribution in [3.63, 3.8) is 0 Å². The van der Waals surface area contributed by atoms with Crippen molar-refractivity contribution < 1.29 is 14.3 Å². The number of rotatable bonds is 6. The molecule has 0 aromatic heterocycles. The first-order chi connectivity index (χ1) is 13.1. The summed E-state index contributed by atoms with van der Waals surface area (Å²) >= 11 is 5.28. The molecule has 0 aliphatic carbocycles. The Kier molecular flexibility index (Phi) is 6.21. The van der Waals surface area contributed by atoms with E-state index < -0.39 is 0 Å². The summed E-state index contributed by atoms with van der Waals surface area (Å²) in [5.41, 5.74) is 4.41. The van der Waals surface area contributed by atoms with E-state index in [9.17, 15) is 4.79 Å². The van der Waals surface area contributed by atoms with E-state index in [-0.39, 0.29) is 18.6 Å². The number of methoxy groups -OCH3 is 1. The summed E-state index contributed by atoms with van der Waals surface area (Å²) in [7, 11) is 1.57. The van der Waals surface area contributed by atoms with Crippen molar-refractivity contribution in [2.24, 2.45) is 0 Å². The fraction of sp³-hybridized carbons (Fsp3) is 0.238. The predicted octanol–water partition coefficient (Wildman–Crippen LogP) is 3.34. The number of benzene rings is 2. The van der Waals surface area contributed by atoms with Crippen LogP contribution in [0.3, 0.4) is 0 Å². The van der Waals surface area contributed by atoms with E-state index in [0.29, 0.717) is 23.0 Å². The second kappa shape index (κ2) is 8.79. The number of nitrogens with one attached hydrogen (secondary N) is 2. The minimum absolute atomic E-state index is 0.205. The number of carbonyl (C=O) groups is 1. The number of hydrogen-bond donors (Lipinski definition) is 2. The lowest BCUT2D eigenvalue weighted by Crippen LogP contribution is -2.45. The molecule has 1 aliphatic heterocycles. The van der Waals surface area contributed by atoms with Gasteiger partial charge >= 0.3 is 5.97 Å². The summed E-state index contributed by atoms with van der Waals surface area (Å²) in [6.07, 6.45) is 0. The monoisotopic (exact) mass is 382 g/mol. The van der Waals surface area contributed by atoms with Crippen molar-refractivity contribution in [1.29, 1.82) is 0 Å². The molecule has 1 aliphatic rings. The van der Waals surface area contributed by atoms with Gasteiger partial charge in [-0.05, 0) is 35.8 Å². The minimum Gasteiger partial charge on any atom is -0.460 e. The zero-order chi connectivity index (χ0) is 19.2. The Morgan fingerprint density at radius 2 is 1.70 bits per heavy atom. The van der Waals surface area contributed by atoms with Crippen LogP contribution in [0.4, 0.5) is 0 Å². The van der Waals surface area contributed by atoms with Gasteiger partial charge in [0.1, 0.15) is 6.61 Å². The standard InChI is InChI=1S/C21H22N2O3S/c1-14-18(20(24)26-13-12-25-2)19(23-21(27)22-14)17-10-8-16(9-11-17)15-6-4-3-5-7-15/h3-11,19H,12-13H2,1-2H3,(H2,22,23,27)/t19-/m1/s1. The summed E-state index contributed by atoms with van der Waals surface area (Å²) in [5, 5.41) is 6.66. The SMILES string of the molecule is COCCOC(=O)C1=C(C)NC(=S)N[C@@H]1c1ccc(-c2ccccc2)cc1. The lowest BCUT2D eigenvalue weighted by molar-refractivity contribution is -0.140. The van der Waals surface area contributed by atoms with Gasteiger partial charge < -0.3 is 20.1 Å². The maximum absolute atomic E-state index is 12.6. The van der Waals surface area contributed by atoms with Crippen molar-refractivity contribution in [1.82, 2.24) is 10.6 Å². The number of carbonyl (C=O) groups excluding carboxylic acids is 1. The number of allylic oxidation sites excluding steroid dienone is 1. The average molecular weight is 382 g/mol. The van der Waals surface area contributed by atoms with Crippen LogP contribution >= 0.6 is 12.2 Å². The van der Waals surface area contributed by atoms with E-state index >= 15 is 0 Å². The normalized spacial score (nSPS) is 16.5. The molecule has 2 N–H and O–H groups in total. The highest BCUT2D eigenvalue weighted by Gasteiger charge is 2.30. The minimum atomic E-state index is -0.385. The van der Waals surface area contributed by atoms with Crippen molar-refractivity contribution in [2.75, 3.05) is 20.3 Å². The fourth-order valence-electron chi connectivity index (χ4n) is 3.01. The van der Waals surface area contributed by atoms with Gasteiger partial charge in [0.15, 0.2) is 5.11 Å². The summed E-state index contributed by atoms with van der Waals surface area (Å²) in [6.45, 7) is 2.38. The molecule has 1 heterocycles. The van der Waals surface area contributed by atoms with Gasteiger partial charge in [0.05, 0.1) is 18.2 Å². The molecule has 0 unspecified atom stereocenters. The van der Waals surface area contributed by atoms with Gasteiger partial charge in [-0.25, -0.2) is 4.79 Å². The molecule has 0 spiro atoms. The predicted molar refractivity (Wildman–Crippen MR) is 109 cm³/mol. The van der Waals surface area contributed by atoms with Crippen molar-refractivity contribution in [3.05, 3.63) is 71.4 Å². The maximum atomic E-state index is 12.6. The fourth-order valence-corrected chi connectivity index (χ4v) is 3.28. The Labute approximate surface area is 164 Å². The first-order valence-corrected chi connectivity index (χ1v) is 9.10. The van der Waals surface area contributed by atoms with Crippen molar-refractivity contribution in [3.8, 4) is 11.1 Å². The van der Waals surface area contributed by atoms with Gasteiger partial charge in [0.2, 0.25) is 0 Å². The van der Waals surface area contributed by atoms with Crippen LogP contribution in [0.5, 0.6) is 0 Å². The third kappa shape index (κ3) is 4.53. The summed E-state index contributed by atoms with van der Waals surface area (Å²) in [5.74, 6) is -0.385. The van der Waals surface area contributed by atoms with E-state index in [4.69, 9.17) is 21.7 Å². The highest BCUT2D eigenvalue weighted by Crippen LogP contribution is 2.29. The number of thiocarbonyl (C=S) groups is 1. The molecular weight excluding hydrogens is 360 g/mol. The van der Waals surface area contributed by atoms with E-state index in [0.717, 1.165) is 16.7 Å². The first-order valence-electron chi connectivity index (χ1n) is 8.70. The summed E-state index contributed by atoms with van der Waals surface area (Å²) in [6, 6.07) is 17.9. The third-order valence-corrected chi connectivity index (χ3v) is 4.58. The van der Waals surface area contributed by atoms with E-state index in [1.54, 1.807) is 7.11 Å². The summed E-state index contributed by atoms with van der Waals surface area (Å²) < 4.78 is 10.3. The Morgan fingerprint density at radius 1 is 1.04 bits per heavy atom. The molecule has 1 atom stereocenters. The maximum Gasteiger partial charge on any atom is 0.338 e. The van der Waals surface area contributed by atoms with E-state index in [2.05, 4.69) is 22.8 Å². The molecule has 0 saturated carbocycles. The van der Waals surface area contributed by atoms with Gasteiger partial charge in [-0.2, -0.15) is 0 Å². The van der Waals surface area contributed by atoms with Crippen LogP contribution in [0, 0.1) is 0 Å². The first kappa shape index (κ1) is 19.1. The number of hydrogen-bond acceptors (Lipinski definition) is 4. The molecule has 6 heteroatoms. The average Bonchev–Trinajstić information content (AvgIpc) is 2.68. The number of ether oxygens (including phenoxy) is 2. The van der Waals surface area contributed by atoms with Crippen LogP contribution in [0.15, 0.2) is 65.9 Å². The van der Waals surface area contributed by atoms with Crippen LogP contribution in [0.1, 0.15) is 18.5 Å². The van der Waals surface area contributed by atoms with E-state index in [1.165, 1.54) is 0 Å². The summed E-state index contributed by atoms with van der Waals surface area (Å²) in [4.78, 5) is 12.6. The van der Waals surface area contributed by atoms with Crippen LogP contribution < -0.4 is 10.6 Å². The highest BCUT2D eigenvalue weighted by molar-refractivity contribution is 7.80. The third-order valence-electron chi connectivity index (χ3n) is 4.36. The molecule has 3 rings (SSSR count). The van der Waals surface area contributed by atoms with Crippen molar-refractivity contribution >= 4 is 23.3 Å². The van der Waals surface area contributed by atoms with Gasteiger partial charge in [-0.15, -0.1) is 0 Å². The molecule has 2 aromatic carbocycles. The molecule has 0 fully saturated rings. The molecule has 0 saturated heterocycles. The quantitative estimate of drug-likeness (QED) is 0.454. The van der Waals surface area contributed by atoms with Gasteiger partial charge in [0.25, 0.3) is 0 Å². The van der Waals surface area contributed by atoms with Crippen LogP contribution in [0.2, 0.25) is 0 Å². The molecule has 0 amide bonds.